The van der Waals surface area contributed by atoms with Crippen LogP contribution < -0.4 is 10.6 Å². The normalized spacial score (nSPS) is 44.0. The second-order valence-corrected chi connectivity index (χ2v) is 4.33. The Morgan fingerprint density at radius 2 is 2.17 bits per heavy atom. The van der Waals surface area contributed by atoms with Gasteiger partial charge in [-0.25, -0.2) is 0 Å². The first kappa shape index (κ1) is 7.30. The molecule has 0 amide bonds. The highest BCUT2D eigenvalue weighted by molar-refractivity contribution is 4.99. The molecule has 1 spiro atoms. The van der Waals surface area contributed by atoms with Crippen molar-refractivity contribution in [3.05, 3.63) is 0 Å². The van der Waals surface area contributed by atoms with E-state index in [4.69, 9.17) is 4.74 Å². The van der Waals surface area contributed by atoms with Gasteiger partial charge in [0.2, 0.25) is 0 Å². The molecule has 3 fully saturated rings. The molecule has 68 valence electrons. The number of rotatable bonds is 0. The minimum Gasteiger partial charge on any atom is -0.354 e. The van der Waals surface area contributed by atoms with Crippen molar-refractivity contribution in [2.24, 2.45) is 5.92 Å². The molecule has 0 aromatic carbocycles. The molecule has 2 atom stereocenters. The minimum absolute atomic E-state index is 0.0332. The van der Waals surface area contributed by atoms with Crippen molar-refractivity contribution in [3.63, 3.8) is 0 Å². The summed E-state index contributed by atoms with van der Waals surface area (Å²) in [5.74, 6) is 0.802. The molecule has 0 aromatic heterocycles. The molecule has 0 bridgehead atoms. The van der Waals surface area contributed by atoms with E-state index in [-0.39, 0.29) is 5.72 Å². The van der Waals surface area contributed by atoms with E-state index in [0.29, 0.717) is 6.10 Å². The van der Waals surface area contributed by atoms with Gasteiger partial charge in [0.25, 0.3) is 0 Å². The maximum atomic E-state index is 6.06. The van der Waals surface area contributed by atoms with Crippen LogP contribution in [0.2, 0.25) is 0 Å². The van der Waals surface area contributed by atoms with Gasteiger partial charge in [0, 0.05) is 19.6 Å². The van der Waals surface area contributed by atoms with Crippen molar-refractivity contribution in [2.45, 2.75) is 31.1 Å². The van der Waals surface area contributed by atoms with E-state index in [1.807, 2.05) is 0 Å². The van der Waals surface area contributed by atoms with Gasteiger partial charge in [-0.2, -0.15) is 0 Å². The first-order chi connectivity index (χ1) is 5.88. The Hall–Kier alpha value is -0.120. The smallest absolute Gasteiger partial charge is 0.144 e. The Labute approximate surface area is 72.9 Å². The van der Waals surface area contributed by atoms with Crippen LogP contribution in [0.4, 0.5) is 0 Å². The Morgan fingerprint density at radius 3 is 2.92 bits per heavy atom. The molecule has 2 aliphatic heterocycles. The molecule has 0 radical (unpaired) electrons. The summed E-state index contributed by atoms with van der Waals surface area (Å²) >= 11 is 0. The molecule has 2 heterocycles. The summed E-state index contributed by atoms with van der Waals surface area (Å²) in [4.78, 5) is 0. The van der Waals surface area contributed by atoms with E-state index < -0.39 is 0 Å². The molecule has 2 unspecified atom stereocenters. The second kappa shape index (κ2) is 2.44. The molecule has 2 N–H and O–H groups in total. The highest BCUT2D eigenvalue weighted by atomic mass is 16.5. The molecule has 12 heavy (non-hydrogen) atoms. The van der Waals surface area contributed by atoms with E-state index in [9.17, 15) is 0 Å². The minimum atomic E-state index is 0.0332. The molecule has 1 aliphatic carbocycles. The van der Waals surface area contributed by atoms with E-state index in [1.54, 1.807) is 0 Å². The number of hydrogen-bond acceptors (Lipinski definition) is 3. The topological polar surface area (TPSA) is 33.3 Å². The fraction of sp³-hybridized carbons (Fsp3) is 1.00. The number of hydrogen-bond donors (Lipinski definition) is 2. The van der Waals surface area contributed by atoms with Gasteiger partial charge in [0.1, 0.15) is 5.72 Å². The van der Waals surface area contributed by atoms with Gasteiger partial charge in [-0.15, -0.1) is 0 Å². The zero-order chi connectivity index (χ0) is 8.02. The van der Waals surface area contributed by atoms with Crippen molar-refractivity contribution in [2.75, 3.05) is 19.6 Å². The molecular weight excluding hydrogens is 152 g/mol. The Kier molecular flexibility index (Phi) is 1.48. The van der Waals surface area contributed by atoms with Gasteiger partial charge >= 0.3 is 0 Å². The average Bonchev–Trinajstić information content (AvgIpc) is 2.46. The van der Waals surface area contributed by atoms with Crippen LogP contribution in [0, 0.1) is 5.92 Å². The Bertz CT molecular complexity index is 191. The Morgan fingerprint density at radius 1 is 1.25 bits per heavy atom. The molecule has 2 saturated heterocycles. The number of ether oxygens (including phenoxy) is 1. The van der Waals surface area contributed by atoms with E-state index in [2.05, 4.69) is 10.6 Å². The van der Waals surface area contributed by atoms with Gasteiger partial charge in [-0.05, 0) is 18.8 Å². The summed E-state index contributed by atoms with van der Waals surface area (Å²) in [6.45, 7) is 3.17. The van der Waals surface area contributed by atoms with Crippen molar-refractivity contribution in [3.8, 4) is 0 Å². The predicted octanol–water partition coefficient (Wildman–Crippen LogP) is 0.0744. The quantitative estimate of drug-likeness (QED) is 0.537. The third-order valence-corrected chi connectivity index (χ3v) is 3.47. The fourth-order valence-electron chi connectivity index (χ4n) is 2.60. The largest absolute Gasteiger partial charge is 0.354 e. The van der Waals surface area contributed by atoms with Crippen LogP contribution in [0.5, 0.6) is 0 Å². The lowest BCUT2D eigenvalue weighted by molar-refractivity contribution is -0.179. The van der Waals surface area contributed by atoms with Gasteiger partial charge < -0.3 is 10.1 Å². The first-order valence-corrected chi connectivity index (χ1v) is 5.02. The maximum absolute atomic E-state index is 6.06. The summed E-state index contributed by atoms with van der Waals surface area (Å²) in [6.07, 6.45) is 4.57. The summed E-state index contributed by atoms with van der Waals surface area (Å²) < 4.78 is 6.06. The van der Waals surface area contributed by atoms with Gasteiger partial charge in [0.15, 0.2) is 0 Å². The van der Waals surface area contributed by atoms with Crippen molar-refractivity contribution < 1.29 is 4.74 Å². The van der Waals surface area contributed by atoms with Gasteiger partial charge in [-0.1, -0.05) is 6.42 Å². The van der Waals surface area contributed by atoms with Crippen LogP contribution in [-0.4, -0.2) is 31.5 Å². The zero-order valence-electron chi connectivity index (χ0n) is 7.31. The Balaban J connectivity index is 1.72. The first-order valence-electron chi connectivity index (χ1n) is 5.02. The molecule has 1 saturated carbocycles. The van der Waals surface area contributed by atoms with Crippen molar-refractivity contribution in [1.29, 1.82) is 0 Å². The zero-order valence-corrected chi connectivity index (χ0v) is 7.31. The molecule has 3 aliphatic rings. The third kappa shape index (κ3) is 0.934. The lowest BCUT2D eigenvalue weighted by atomic mass is 9.98. The fourth-order valence-corrected chi connectivity index (χ4v) is 2.60. The van der Waals surface area contributed by atoms with E-state index in [0.717, 1.165) is 19.0 Å². The van der Waals surface area contributed by atoms with Gasteiger partial charge in [0.05, 0.1) is 6.10 Å². The summed E-state index contributed by atoms with van der Waals surface area (Å²) in [5, 5.41) is 6.78. The van der Waals surface area contributed by atoms with E-state index in [1.165, 1.54) is 25.8 Å². The lowest BCUT2D eigenvalue weighted by Gasteiger charge is -2.49. The average molecular weight is 168 g/mol. The molecule has 3 rings (SSSR count). The summed E-state index contributed by atoms with van der Waals surface area (Å²) in [5.41, 5.74) is 0.0332. The number of fused-ring (bicyclic) bond motifs is 1. The summed E-state index contributed by atoms with van der Waals surface area (Å²) in [6, 6.07) is 0. The van der Waals surface area contributed by atoms with Crippen LogP contribution in [0.25, 0.3) is 0 Å². The molecule has 0 aromatic rings. The molecule has 3 nitrogen and oxygen atoms in total. The van der Waals surface area contributed by atoms with Crippen LogP contribution >= 0.6 is 0 Å². The summed E-state index contributed by atoms with van der Waals surface area (Å²) in [7, 11) is 0. The SMILES string of the molecule is C1CC2CNC3(CNC3)OC2C1. The van der Waals surface area contributed by atoms with Crippen LogP contribution in [-0.2, 0) is 4.74 Å². The number of nitrogens with one attached hydrogen (secondary N) is 2. The highest BCUT2D eigenvalue weighted by Gasteiger charge is 2.46. The van der Waals surface area contributed by atoms with Crippen LogP contribution in [0.1, 0.15) is 19.3 Å². The lowest BCUT2D eigenvalue weighted by Crippen LogP contribution is -2.73. The van der Waals surface area contributed by atoms with Gasteiger partial charge in [-0.3, -0.25) is 5.32 Å². The van der Waals surface area contributed by atoms with Crippen LogP contribution in [0.3, 0.4) is 0 Å². The maximum Gasteiger partial charge on any atom is 0.144 e. The second-order valence-electron chi connectivity index (χ2n) is 4.33. The van der Waals surface area contributed by atoms with Crippen molar-refractivity contribution >= 4 is 0 Å². The van der Waals surface area contributed by atoms with E-state index >= 15 is 0 Å². The molecular formula is C9H16N2O. The standard InChI is InChI=1S/C9H16N2O/c1-2-7-4-11-9(5-10-6-9)12-8(7)3-1/h7-8,10-11H,1-6H2. The molecule has 3 heteroatoms. The third-order valence-electron chi connectivity index (χ3n) is 3.47. The van der Waals surface area contributed by atoms with Crippen molar-refractivity contribution in [1.82, 2.24) is 10.6 Å². The highest BCUT2D eigenvalue weighted by Crippen LogP contribution is 2.35. The van der Waals surface area contributed by atoms with Crippen LogP contribution in [0.15, 0.2) is 0 Å². The predicted molar refractivity (Wildman–Crippen MR) is 45.8 cm³/mol. The monoisotopic (exact) mass is 168 g/mol.